The van der Waals surface area contributed by atoms with E-state index in [-0.39, 0.29) is 6.61 Å². The summed E-state index contributed by atoms with van der Waals surface area (Å²) in [5.41, 5.74) is 2.64. The highest BCUT2D eigenvalue weighted by molar-refractivity contribution is 6.30. The van der Waals surface area contributed by atoms with Crippen LogP contribution in [0.2, 0.25) is 5.02 Å². The molecule has 0 bridgehead atoms. The molecule has 3 aromatic rings. The summed E-state index contributed by atoms with van der Waals surface area (Å²) in [4.78, 5) is 8.61. The van der Waals surface area contributed by atoms with E-state index in [4.69, 9.17) is 21.4 Å². The predicted molar refractivity (Wildman–Crippen MR) is 92.8 cm³/mol. The molecule has 3 rings (SSSR count). The van der Waals surface area contributed by atoms with Crippen molar-refractivity contribution in [1.82, 2.24) is 19.7 Å². The first-order valence-corrected chi connectivity index (χ1v) is 7.96. The average molecular weight is 348 g/mol. The minimum absolute atomic E-state index is 0.0174. The molecule has 0 aliphatic heterocycles. The minimum Gasteiger partial charge on any atom is -0.394 e. The molecular weight excluding hydrogens is 330 g/mol. The zero-order valence-electron chi connectivity index (χ0n) is 13.2. The van der Waals surface area contributed by atoms with Gasteiger partial charge >= 0.3 is 0 Å². The number of halogens is 1. The zero-order valence-corrected chi connectivity index (χ0v) is 14.0. The lowest BCUT2D eigenvalue weighted by atomic mass is 10.2. The number of aliphatic hydroxyl groups is 1. The van der Waals surface area contributed by atoms with Crippen molar-refractivity contribution in [3.8, 4) is 5.69 Å². The molecule has 126 valence electrons. The van der Waals surface area contributed by atoms with Crippen molar-refractivity contribution in [3.63, 3.8) is 0 Å². The van der Waals surface area contributed by atoms with E-state index in [1.807, 2.05) is 25.1 Å². The average Bonchev–Trinajstić information content (AvgIpc) is 3.01. The highest BCUT2D eigenvalue weighted by Gasteiger charge is 2.12. The molecule has 0 saturated carbocycles. The summed E-state index contributed by atoms with van der Waals surface area (Å²) in [7, 11) is 0. The Balaban J connectivity index is 1.88. The second-order valence-electron chi connectivity index (χ2n) is 5.21. The molecule has 2 aromatic heterocycles. The number of anilines is 1. The Kier molecular flexibility index (Phi) is 5.24. The van der Waals surface area contributed by atoms with E-state index in [1.165, 1.54) is 6.33 Å². The van der Waals surface area contributed by atoms with Crippen LogP contribution in [0.1, 0.15) is 5.56 Å². The van der Waals surface area contributed by atoms with Crippen molar-refractivity contribution in [2.45, 2.75) is 6.92 Å². The van der Waals surface area contributed by atoms with Gasteiger partial charge in [-0.1, -0.05) is 17.7 Å². The number of benzene rings is 1. The third-order valence-electron chi connectivity index (χ3n) is 3.54. The second-order valence-corrected chi connectivity index (χ2v) is 5.65. The summed E-state index contributed by atoms with van der Waals surface area (Å²) in [5.74, 6) is 0.693. The minimum atomic E-state index is 0.0174. The number of aliphatic hydroxyl groups excluding tert-OH is 1. The van der Waals surface area contributed by atoms with Crippen LogP contribution >= 0.6 is 11.6 Å². The van der Waals surface area contributed by atoms with Gasteiger partial charge in [-0.3, -0.25) is 0 Å². The molecular formula is C16H18ClN5O2. The van der Waals surface area contributed by atoms with Gasteiger partial charge in [0.05, 0.1) is 37.1 Å². The molecule has 2 heterocycles. The van der Waals surface area contributed by atoms with Gasteiger partial charge in [0, 0.05) is 11.6 Å². The number of aryl methyl sites for hydroxylation is 1. The maximum absolute atomic E-state index is 8.69. The SMILES string of the molecule is Cc1ccc(Cl)cc1-n1ncc2c(NCCOCCO)ncnc21. The van der Waals surface area contributed by atoms with Gasteiger partial charge in [-0.25, -0.2) is 14.6 Å². The van der Waals surface area contributed by atoms with E-state index >= 15 is 0 Å². The van der Waals surface area contributed by atoms with Crippen molar-refractivity contribution in [2.24, 2.45) is 0 Å². The molecule has 0 saturated heterocycles. The van der Waals surface area contributed by atoms with Crippen LogP contribution in [0.5, 0.6) is 0 Å². The highest BCUT2D eigenvalue weighted by atomic mass is 35.5. The summed E-state index contributed by atoms with van der Waals surface area (Å²) in [5, 5.41) is 17.8. The van der Waals surface area contributed by atoms with Crippen molar-refractivity contribution < 1.29 is 9.84 Å². The fraction of sp³-hybridized carbons (Fsp3) is 0.312. The number of fused-ring (bicyclic) bond motifs is 1. The smallest absolute Gasteiger partial charge is 0.168 e. The van der Waals surface area contributed by atoms with Crippen LogP contribution in [-0.2, 0) is 4.74 Å². The molecule has 0 amide bonds. The van der Waals surface area contributed by atoms with Gasteiger partial charge in [0.25, 0.3) is 0 Å². The Labute approximate surface area is 144 Å². The lowest BCUT2D eigenvalue weighted by molar-refractivity contribution is 0.0992. The summed E-state index contributed by atoms with van der Waals surface area (Å²) >= 11 is 6.11. The number of hydrogen-bond acceptors (Lipinski definition) is 6. The molecule has 0 aliphatic rings. The van der Waals surface area contributed by atoms with Crippen molar-refractivity contribution in [3.05, 3.63) is 41.3 Å². The topological polar surface area (TPSA) is 85.1 Å². The van der Waals surface area contributed by atoms with Gasteiger partial charge in [-0.05, 0) is 24.6 Å². The van der Waals surface area contributed by atoms with Gasteiger partial charge in [0.2, 0.25) is 0 Å². The second kappa shape index (κ2) is 7.57. The van der Waals surface area contributed by atoms with Crippen LogP contribution in [-0.4, -0.2) is 51.2 Å². The van der Waals surface area contributed by atoms with Crippen LogP contribution < -0.4 is 5.32 Å². The van der Waals surface area contributed by atoms with Gasteiger partial charge < -0.3 is 15.2 Å². The summed E-state index contributed by atoms with van der Waals surface area (Å²) < 4.78 is 6.98. The maximum Gasteiger partial charge on any atom is 0.168 e. The molecule has 24 heavy (non-hydrogen) atoms. The Morgan fingerprint density at radius 3 is 3.00 bits per heavy atom. The molecule has 0 unspecified atom stereocenters. The third kappa shape index (κ3) is 3.48. The summed E-state index contributed by atoms with van der Waals surface area (Å²) in [6.07, 6.45) is 3.23. The first-order valence-electron chi connectivity index (χ1n) is 7.58. The van der Waals surface area contributed by atoms with Gasteiger partial charge in [0.1, 0.15) is 12.1 Å². The fourth-order valence-electron chi connectivity index (χ4n) is 2.38. The Bertz CT molecular complexity index is 836. The van der Waals surface area contributed by atoms with Crippen LogP contribution in [0.25, 0.3) is 16.7 Å². The Hall–Kier alpha value is -2.22. The predicted octanol–water partition coefficient (Wildman–Crippen LogP) is 2.20. The van der Waals surface area contributed by atoms with E-state index < -0.39 is 0 Å². The lowest BCUT2D eigenvalue weighted by Gasteiger charge is -2.09. The Morgan fingerprint density at radius 1 is 1.29 bits per heavy atom. The van der Waals surface area contributed by atoms with Crippen LogP contribution in [0.4, 0.5) is 5.82 Å². The van der Waals surface area contributed by atoms with Crippen LogP contribution in [0, 0.1) is 6.92 Å². The molecule has 0 fully saturated rings. The van der Waals surface area contributed by atoms with Gasteiger partial charge in [-0.2, -0.15) is 5.10 Å². The summed E-state index contributed by atoms with van der Waals surface area (Å²) in [6.45, 7) is 3.40. The first kappa shape index (κ1) is 16.6. The van der Waals surface area contributed by atoms with Crippen molar-refractivity contribution in [2.75, 3.05) is 31.7 Å². The monoisotopic (exact) mass is 347 g/mol. The molecule has 0 radical (unpaired) electrons. The standard InChI is InChI=1S/C16H18ClN5O2/c1-11-2-3-12(17)8-14(11)22-16-13(9-21-22)15(19-10-20-16)18-4-6-24-7-5-23/h2-3,8-10,23H,4-7H2,1H3,(H,18,19,20). The van der Waals surface area contributed by atoms with Crippen molar-refractivity contribution in [1.29, 1.82) is 0 Å². The summed E-state index contributed by atoms with van der Waals surface area (Å²) in [6, 6.07) is 5.66. The maximum atomic E-state index is 8.69. The lowest BCUT2D eigenvalue weighted by Crippen LogP contribution is -2.12. The van der Waals surface area contributed by atoms with E-state index in [0.29, 0.717) is 36.2 Å². The Morgan fingerprint density at radius 2 is 2.17 bits per heavy atom. The number of rotatable bonds is 7. The van der Waals surface area contributed by atoms with E-state index in [9.17, 15) is 0 Å². The van der Waals surface area contributed by atoms with E-state index in [2.05, 4.69) is 20.4 Å². The van der Waals surface area contributed by atoms with Crippen LogP contribution in [0.15, 0.2) is 30.7 Å². The first-order chi connectivity index (χ1) is 11.7. The van der Waals surface area contributed by atoms with E-state index in [1.54, 1.807) is 10.9 Å². The quantitative estimate of drug-likeness (QED) is 0.637. The van der Waals surface area contributed by atoms with Crippen LogP contribution in [0.3, 0.4) is 0 Å². The fourth-order valence-corrected chi connectivity index (χ4v) is 2.55. The molecule has 2 N–H and O–H groups in total. The molecule has 1 aromatic carbocycles. The number of aromatic nitrogens is 4. The van der Waals surface area contributed by atoms with Gasteiger partial charge in [-0.15, -0.1) is 0 Å². The zero-order chi connectivity index (χ0) is 16.9. The number of nitrogens with zero attached hydrogens (tertiary/aromatic N) is 4. The molecule has 8 heteroatoms. The molecule has 0 aliphatic carbocycles. The molecule has 0 atom stereocenters. The number of hydrogen-bond donors (Lipinski definition) is 2. The van der Waals surface area contributed by atoms with Crippen molar-refractivity contribution >= 4 is 28.5 Å². The third-order valence-corrected chi connectivity index (χ3v) is 3.77. The van der Waals surface area contributed by atoms with E-state index in [0.717, 1.165) is 16.6 Å². The normalized spacial score (nSPS) is 11.1. The van der Waals surface area contributed by atoms with Gasteiger partial charge in [0.15, 0.2) is 5.65 Å². The largest absolute Gasteiger partial charge is 0.394 e. The number of ether oxygens (including phenoxy) is 1. The molecule has 7 nitrogen and oxygen atoms in total. The molecule has 0 spiro atoms. The highest BCUT2D eigenvalue weighted by Crippen LogP contribution is 2.25. The number of nitrogens with one attached hydrogen (secondary N) is 1.